The molecular weight excluding hydrogens is 358 g/mol. The standard InChI is InChI=1S/C22H35NO5/c1-2-3-4-5-6-7-8-9-10-11-12-13-14-17-28-21-16-15-19(22(24)25)18-20(21)23(26)27/h15-16,18H,2-14,17H2,1H3,(H,24,25). The predicted molar refractivity (Wildman–Crippen MR) is 111 cm³/mol. The Labute approximate surface area is 168 Å². The van der Waals surface area contributed by atoms with E-state index in [4.69, 9.17) is 9.84 Å². The summed E-state index contributed by atoms with van der Waals surface area (Å²) in [5.74, 6) is -1.06. The van der Waals surface area contributed by atoms with Crippen molar-refractivity contribution in [1.29, 1.82) is 0 Å². The van der Waals surface area contributed by atoms with Gasteiger partial charge in [0.1, 0.15) is 0 Å². The number of aromatic carboxylic acids is 1. The highest BCUT2D eigenvalue weighted by Gasteiger charge is 2.18. The van der Waals surface area contributed by atoms with Crippen molar-refractivity contribution < 1.29 is 19.6 Å². The lowest BCUT2D eigenvalue weighted by Crippen LogP contribution is -2.03. The van der Waals surface area contributed by atoms with Crippen molar-refractivity contribution in [1.82, 2.24) is 0 Å². The highest BCUT2D eigenvalue weighted by molar-refractivity contribution is 5.88. The van der Waals surface area contributed by atoms with Gasteiger partial charge in [0.2, 0.25) is 0 Å². The van der Waals surface area contributed by atoms with Gasteiger partial charge in [-0.05, 0) is 18.6 Å². The zero-order valence-corrected chi connectivity index (χ0v) is 17.2. The minimum absolute atomic E-state index is 0.111. The topological polar surface area (TPSA) is 89.7 Å². The second-order valence-corrected chi connectivity index (χ2v) is 7.34. The van der Waals surface area contributed by atoms with E-state index < -0.39 is 10.9 Å². The number of hydrogen-bond donors (Lipinski definition) is 1. The van der Waals surface area contributed by atoms with Crippen molar-refractivity contribution in [3.63, 3.8) is 0 Å². The number of unbranched alkanes of at least 4 members (excludes halogenated alkanes) is 12. The fraction of sp³-hybridized carbons (Fsp3) is 0.682. The Morgan fingerprint density at radius 3 is 1.89 bits per heavy atom. The number of nitro groups is 1. The maximum atomic E-state index is 11.1. The fourth-order valence-corrected chi connectivity index (χ4v) is 3.22. The van der Waals surface area contributed by atoms with Crippen molar-refractivity contribution >= 4 is 11.7 Å². The van der Waals surface area contributed by atoms with Crippen LogP contribution in [0.25, 0.3) is 0 Å². The van der Waals surface area contributed by atoms with Gasteiger partial charge in [-0.2, -0.15) is 0 Å². The van der Waals surface area contributed by atoms with Crippen molar-refractivity contribution in [2.75, 3.05) is 6.61 Å². The van der Waals surface area contributed by atoms with Crippen LogP contribution in [0.3, 0.4) is 0 Å². The van der Waals surface area contributed by atoms with Crippen LogP contribution >= 0.6 is 0 Å². The van der Waals surface area contributed by atoms with Gasteiger partial charge in [-0.15, -0.1) is 0 Å². The highest BCUT2D eigenvalue weighted by Crippen LogP contribution is 2.28. The van der Waals surface area contributed by atoms with Gasteiger partial charge in [0, 0.05) is 6.07 Å². The van der Waals surface area contributed by atoms with Crippen molar-refractivity contribution in [2.45, 2.75) is 90.4 Å². The third-order valence-electron chi connectivity index (χ3n) is 4.91. The van der Waals surface area contributed by atoms with E-state index in [2.05, 4.69) is 6.92 Å². The number of carbonyl (C=O) groups is 1. The smallest absolute Gasteiger partial charge is 0.335 e. The second kappa shape index (κ2) is 14.9. The molecule has 0 saturated carbocycles. The molecule has 1 rings (SSSR count). The van der Waals surface area contributed by atoms with Crippen LogP contribution in [0.4, 0.5) is 5.69 Å². The average molecular weight is 394 g/mol. The Bertz CT molecular complexity index is 588. The summed E-state index contributed by atoms with van der Waals surface area (Å²) in [5.41, 5.74) is -0.408. The average Bonchev–Trinajstić information content (AvgIpc) is 2.68. The highest BCUT2D eigenvalue weighted by atomic mass is 16.6. The van der Waals surface area contributed by atoms with Gasteiger partial charge in [0.15, 0.2) is 5.75 Å². The molecule has 158 valence electrons. The van der Waals surface area contributed by atoms with Crippen LogP contribution in [-0.2, 0) is 0 Å². The molecule has 0 unspecified atom stereocenters. The molecule has 0 bridgehead atoms. The summed E-state index contributed by atoms with van der Waals surface area (Å²) in [6.07, 6.45) is 16.3. The van der Waals surface area contributed by atoms with E-state index in [1.807, 2.05) is 0 Å². The molecule has 0 spiro atoms. The SMILES string of the molecule is CCCCCCCCCCCCCCCOc1ccc(C(=O)O)cc1[N+](=O)[O-]. The van der Waals surface area contributed by atoms with Crippen molar-refractivity contribution in [2.24, 2.45) is 0 Å². The molecule has 1 N–H and O–H groups in total. The molecule has 0 heterocycles. The Morgan fingerprint density at radius 2 is 1.43 bits per heavy atom. The van der Waals surface area contributed by atoms with Crippen molar-refractivity contribution in [3.05, 3.63) is 33.9 Å². The number of nitro benzene ring substituents is 1. The van der Waals surface area contributed by atoms with Crippen molar-refractivity contribution in [3.8, 4) is 5.75 Å². The van der Waals surface area contributed by atoms with Gasteiger partial charge in [-0.1, -0.05) is 84.0 Å². The van der Waals surface area contributed by atoms with E-state index in [1.54, 1.807) is 0 Å². The van der Waals surface area contributed by atoms with E-state index >= 15 is 0 Å². The maximum Gasteiger partial charge on any atom is 0.335 e. The Balaban J connectivity index is 2.07. The quantitative estimate of drug-likeness (QED) is 0.179. The molecule has 6 heteroatoms. The van der Waals surface area contributed by atoms with E-state index in [1.165, 1.54) is 76.3 Å². The predicted octanol–water partition coefficient (Wildman–Crippen LogP) is 6.76. The number of hydrogen-bond acceptors (Lipinski definition) is 4. The van der Waals surface area contributed by atoms with Gasteiger partial charge >= 0.3 is 11.7 Å². The number of benzene rings is 1. The molecule has 1 aromatic rings. The molecular formula is C22H35NO5. The lowest BCUT2D eigenvalue weighted by atomic mass is 10.0. The lowest BCUT2D eigenvalue weighted by Gasteiger charge is -2.07. The van der Waals surface area contributed by atoms with Gasteiger partial charge in [0.25, 0.3) is 0 Å². The van der Waals surface area contributed by atoms with E-state index in [-0.39, 0.29) is 17.0 Å². The molecule has 0 aliphatic carbocycles. The van der Waals surface area contributed by atoms with Crippen LogP contribution in [0.5, 0.6) is 5.75 Å². The number of carboxylic acid groups (broad SMARTS) is 1. The lowest BCUT2D eigenvalue weighted by molar-refractivity contribution is -0.385. The zero-order valence-electron chi connectivity index (χ0n) is 17.2. The Morgan fingerprint density at radius 1 is 0.929 bits per heavy atom. The van der Waals surface area contributed by atoms with E-state index in [0.717, 1.165) is 25.3 Å². The molecule has 0 aliphatic rings. The summed E-state index contributed by atoms with van der Waals surface area (Å²) in [6, 6.07) is 3.74. The van der Waals surface area contributed by atoms with Crippen LogP contribution in [0, 0.1) is 10.1 Å². The molecule has 28 heavy (non-hydrogen) atoms. The minimum atomic E-state index is -1.19. The zero-order chi connectivity index (χ0) is 20.6. The van der Waals surface area contributed by atoms with Gasteiger partial charge in [-0.25, -0.2) is 4.79 Å². The first-order chi connectivity index (χ1) is 13.6. The summed E-state index contributed by atoms with van der Waals surface area (Å²) < 4.78 is 5.50. The second-order valence-electron chi connectivity index (χ2n) is 7.34. The molecule has 0 aliphatic heterocycles. The number of nitrogens with zero attached hydrogens (tertiary/aromatic N) is 1. The van der Waals surface area contributed by atoms with E-state index in [0.29, 0.717) is 6.61 Å². The molecule has 6 nitrogen and oxygen atoms in total. The molecule has 0 fully saturated rings. The summed E-state index contributed by atoms with van der Waals surface area (Å²) in [7, 11) is 0. The number of ether oxygens (including phenoxy) is 1. The molecule has 0 atom stereocenters. The summed E-state index contributed by atoms with van der Waals surface area (Å²) in [5, 5.41) is 20.0. The Hall–Kier alpha value is -2.11. The van der Waals surface area contributed by atoms with Crippen LogP contribution in [0.1, 0.15) is 101 Å². The number of rotatable bonds is 17. The van der Waals surface area contributed by atoms with Gasteiger partial charge < -0.3 is 9.84 Å². The van der Waals surface area contributed by atoms with Gasteiger partial charge in [-0.3, -0.25) is 10.1 Å². The van der Waals surface area contributed by atoms with Crippen LogP contribution in [0.15, 0.2) is 18.2 Å². The van der Waals surface area contributed by atoms with Crippen LogP contribution in [0.2, 0.25) is 0 Å². The van der Waals surface area contributed by atoms with E-state index in [9.17, 15) is 14.9 Å². The third kappa shape index (κ3) is 10.3. The van der Waals surface area contributed by atoms with Gasteiger partial charge in [0.05, 0.1) is 17.1 Å². The summed E-state index contributed by atoms with van der Waals surface area (Å²) in [6.45, 7) is 2.65. The normalized spacial score (nSPS) is 10.8. The first-order valence-electron chi connectivity index (χ1n) is 10.7. The fourth-order valence-electron chi connectivity index (χ4n) is 3.22. The third-order valence-corrected chi connectivity index (χ3v) is 4.91. The first-order valence-corrected chi connectivity index (χ1v) is 10.7. The summed E-state index contributed by atoms with van der Waals surface area (Å²) in [4.78, 5) is 21.4. The minimum Gasteiger partial charge on any atom is -0.487 e. The summed E-state index contributed by atoms with van der Waals surface area (Å²) >= 11 is 0. The van der Waals surface area contributed by atoms with Crippen LogP contribution < -0.4 is 4.74 Å². The Kier molecular flexibility index (Phi) is 12.7. The monoisotopic (exact) mass is 393 g/mol. The molecule has 0 amide bonds. The number of carboxylic acids is 1. The molecule has 1 aromatic carbocycles. The van der Waals surface area contributed by atoms with Crippen LogP contribution in [-0.4, -0.2) is 22.6 Å². The first kappa shape index (κ1) is 23.9. The largest absolute Gasteiger partial charge is 0.487 e. The maximum absolute atomic E-state index is 11.1. The molecule has 0 aromatic heterocycles. The molecule has 0 saturated heterocycles. The molecule has 0 radical (unpaired) electrons.